The fourth-order valence-corrected chi connectivity index (χ4v) is 1.67. The normalized spacial score (nSPS) is 12.2. The van der Waals surface area contributed by atoms with Crippen LogP contribution in [0.25, 0.3) is 0 Å². The van der Waals surface area contributed by atoms with Crippen molar-refractivity contribution >= 4 is 17.6 Å². The van der Waals surface area contributed by atoms with Crippen molar-refractivity contribution in [3.05, 3.63) is 28.8 Å². The van der Waals surface area contributed by atoms with Crippen molar-refractivity contribution in [1.82, 2.24) is 0 Å². The number of carboxylic acid groups (broad SMARTS) is 1. The fraction of sp³-hybridized carbons (Fsp3) is 0.417. The van der Waals surface area contributed by atoms with E-state index in [0.29, 0.717) is 30.2 Å². The summed E-state index contributed by atoms with van der Waals surface area (Å²) in [6, 6.07) is 5.10. The Morgan fingerprint density at radius 2 is 2.29 bits per heavy atom. The molecule has 0 aliphatic carbocycles. The largest absolute Gasteiger partial charge is 0.479 e. The molecule has 0 heterocycles. The number of aliphatic carboxylic acids is 1. The topological polar surface area (TPSA) is 72.5 Å². The minimum atomic E-state index is -0.971. The van der Waals surface area contributed by atoms with Crippen LogP contribution in [0, 0.1) is 0 Å². The van der Waals surface area contributed by atoms with Crippen molar-refractivity contribution in [2.75, 3.05) is 6.54 Å². The number of halogens is 1. The Morgan fingerprint density at radius 3 is 2.82 bits per heavy atom. The summed E-state index contributed by atoms with van der Waals surface area (Å²) in [6.45, 7) is 2.22. The molecule has 0 fully saturated rings. The highest BCUT2D eigenvalue weighted by Crippen LogP contribution is 2.24. The summed E-state index contributed by atoms with van der Waals surface area (Å²) in [5, 5.41) is 9.52. The predicted molar refractivity (Wildman–Crippen MR) is 66.6 cm³/mol. The van der Waals surface area contributed by atoms with Gasteiger partial charge < -0.3 is 15.6 Å². The van der Waals surface area contributed by atoms with Gasteiger partial charge in [0.2, 0.25) is 0 Å². The quantitative estimate of drug-likeness (QED) is 0.818. The maximum atomic E-state index is 10.9. The number of benzene rings is 1. The molecule has 1 aromatic carbocycles. The monoisotopic (exact) mass is 257 g/mol. The van der Waals surface area contributed by atoms with Crippen LogP contribution < -0.4 is 10.5 Å². The Labute approximate surface area is 105 Å². The van der Waals surface area contributed by atoms with E-state index in [0.717, 1.165) is 5.56 Å². The molecule has 1 atom stereocenters. The number of nitrogens with two attached hydrogens (primary N) is 1. The van der Waals surface area contributed by atoms with Gasteiger partial charge in [-0.3, -0.25) is 0 Å². The predicted octanol–water partition coefficient (Wildman–Crippen LogP) is 2.08. The molecular weight excluding hydrogens is 242 g/mol. The minimum absolute atomic E-state index is 0.403. The summed E-state index contributed by atoms with van der Waals surface area (Å²) >= 11 is 5.87. The Bertz CT molecular complexity index is 395. The minimum Gasteiger partial charge on any atom is -0.479 e. The second kappa shape index (κ2) is 6.47. The van der Waals surface area contributed by atoms with E-state index in [4.69, 9.17) is 27.2 Å². The molecule has 0 aliphatic heterocycles. The van der Waals surface area contributed by atoms with E-state index in [1.54, 1.807) is 25.1 Å². The average Bonchev–Trinajstić information content (AvgIpc) is 2.28. The van der Waals surface area contributed by atoms with Gasteiger partial charge in [-0.05, 0) is 43.1 Å². The summed E-state index contributed by atoms with van der Waals surface area (Å²) in [4.78, 5) is 10.9. The molecule has 0 aromatic heterocycles. The zero-order valence-corrected chi connectivity index (χ0v) is 10.4. The van der Waals surface area contributed by atoms with Crippen molar-refractivity contribution in [1.29, 1.82) is 0 Å². The van der Waals surface area contributed by atoms with E-state index in [2.05, 4.69) is 0 Å². The van der Waals surface area contributed by atoms with Crippen LogP contribution in [0.2, 0.25) is 5.02 Å². The SMILES string of the molecule is CCC(Oc1ccc(Cl)cc1CCN)C(=O)O. The number of carbonyl (C=O) groups is 1. The van der Waals surface area contributed by atoms with Gasteiger partial charge >= 0.3 is 5.97 Å². The van der Waals surface area contributed by atoms with Crippen molar-refractivity contribution in [3.8, 4) is 5.75 Å². The second-order valence-corrected chi connectivity index (χ2v) is 4.08. The van der Waals surface area contributed by atoms with Gasteiger partial charge in [0.1, 0.15) is 5.75 Å². The zero-order valence-electron chi connectivity index (χ0n) is 9.65. The van der Waals surface area contributed by atoms with Crippen LogP contribution in [0.4, 0.5) is 0 Å². The number of ether oxygens (including phenoxy) is 1. The number of hydrogen-bond donors (Lipinski definition) is 2. The van der Waals surface area contributed by atoms with E-state index in [-0.39, 0.29) is 0 Å². The molecule has 0 bridgehead atoms. The first kappa shape index (κ1) is 13.8. The highest BCUT2D eigenvalue weighted by molar-refractivity contribution is 6.30. The van der Waals surface area contributed by atoms with E-state index in [1.165, 1.54) is 0 Å². The van der Waals surface area contributed by atoms with Crippen molar-refractivity contribution in [2.24, 2.45) is 5.73 Å². The van der Waals surface area contributed by atoms with Crippen LogP contribution in [0.15, 0.2) is 18.2 Å². The average molecular weight is 258 g/mol. The summed E-state index contributed by atoms with van der Waals surface area (Å²) in [6.07, 6.45) is 0.166. The summed E-state index contributed by atoms with van der Waals surface area (Å²) in [5.41, 5.74) is 6.32. The molecule has 0 amide bonds. The summed E-state index contributed by atoms with van der Waals surface area (Å²) in [7, 11) is 0. The first-order chi connectivity index (χ1) is 8.08. The maximum absolute atomic E-state index is 10.9. The lowest BCUT2D eigenvalue weighted by Gasteiger charge is -2.16. The summed E-state index contributed by atoms with van der Waals surface area (Å²) < 4.78 is 5.45. The van der Waals surface area contributed by atoms with Crippen molar-refractivity contribution in [2.45, 2.75) is 25.9 Å². The van der Waals surface area contributed by atoms with Gasteiger partial charge in [-0.15, -0.1) is 0 Å². The highest BCUT2D eigenvalue weighted by atomic mass is 35.5. The lowest BCUT2D eigenvalue weighted by molar-refractivity contribution is -0.145. The molecule has 0 aliphatic rings. The molecular formula is C12H16ClNO3. The molecule has 17 heavy (non-hydrogen) atoms. The third-order valence-corrected chi connectivity index (χ3v) is 2.59. The number of carboxylic acids is 1. The maximum Gasteiger partial charge on any atom is 0.344 e. The molecule has 1 aromatic rings. The van der Waals surface area contributed by atoms with Crippen molar-refractivity contribution in [3.63, 3.8) is 0 Å². The molecule has 0 spiro atoms. The van der Waals surface area contributed by atoms with E-state index < -0.39 is 12.1 Å². The van der Waals surface area contributed by atoms with Gasteiger partial charge in [0.05, 0.1) is 0 Å². The Kier molecular flexibility index (Phi) is 5.25. The molecule has 0 saturated heterocycles. The van der Waals surface area contributed by atoms with Crippen LogP contribution in [-0.2, 0) is 11.2 Å². The Hall–Kier alpha value is -1.26. The van der Waals surface area contributed by atoms with Gasteiger partial charge in [-0.25, -0.2) is 4.79 Å². The Balaban J connectivity index is 2.92. The molecule has 1 unspecified atom stereocenters. The van der Waals surface area contributed by atoms with Gasteiger partial charge in [0, 0.05) is 5.02 Å². The van der Waals surface area contributed by atoms with Gasteiger partial charge in [0.25, 0.3) is 0 Å². The second-order valence-electron chi connectivity index (χ2n) is 3.64. The first-order valence-corrected chi connectivity index (χ1v) is 5.84. The van der Waals surface area contributed by atoms with Crippen LogP contribution in [0.5, 0.6) is 5.75 Å². The zero-order chi connectivity index (χ0) is 12.8. The molecule has 4 nitrogen and oxygen atoms in total. The van der Waals surface area contributed by atoms with Gasteiger partial charge in [-0.1, -0.05) is 18.5 Å². The van der Waals surface area contributed by atoms with Crippen molar-refractivity contribution < 1.29 is 14.6 Å². The molecule has 94 valence electrons. The van der Waals surface area contributed by atoms with Gasteiger partial charge in [0.15, 0.2) is 6.10 Å². The van der Waals surface area contributed by atoms with E-state index in [9.17, 15) is 4.79 Å². The van der Waals surface area contributed by atoms with Crippen LogP contribution in [0.3, 0.4) is 0 Å². The molecule has 1 rings (SSSR count). The van der Waals surface area contributed by atoms with E-state index in [1.807, 2.05) is 0 Å². The van der Waals surface area contributed by atoms with Crippen LogP contribution in [-0.4, -0.2) is 23.7 Å². The Morgan fingerprint density at radius 1 is 1.59 bits per heavy atom. The van der Waals surface area contributed by atoms with E-state index >= 15 is 0 Å². The van der Waals surface area contributed by atoms with Crippen LogP contribution in [0.1, 0.15) is 18.9 Å². The van der Waals surface area contributed by atoms with Gasteiger partial charge in [-0.2, -0.15) is 0 Å². The van der Waals surface area contributed by atoms with Crippen LogP contribution >= 0.6 is 11.6 Å². The third-order valence-electron chi connectivity index (χ3n) is 2.35. The highest BCUT2D eigenvalue weighted by Gasteiger charge is 2.18. The summed E-state index contributed by atoms with van der Waals surface area (Å²) in [5.74, 6) is -0.435. The lowest BCUT2D eigenvalue weighted by atomic mass is 10.1. The molecule has 5 heteroatoms. The molecule has 0 saturated carbocycles. The standard InChI is InChI=1S/C12H16ClNO3/c1-2-10(12(15)16)17-11-4-3-9(13)7-8(11)5-6-14/h3-4,7,10H,2,5-6,14H2,1H3,(H,15,16). The molecule has 3 N–H and O–H groups in total. The number of hydrogen-bond acceptors (Lipinski definition) is 3. The fourth-order valence-electron chi connectivity index (χ4n) is 1.48. The first-order valence-electron chi connectivity index (χ1n) is 5.46. The third kappa shape index (κ3) is 3.91. The smallest absolute Gasteiger partial charge is 0.344 e. The lowest BCUT2D eigenvalue weighted by Crippen LogP contribution is -2.26. The number of rotatable bonds is 6. The molecule has 0 radical (unpaired) electrons.